The minimum atomic E-state index is -4.13. The van der Waals surface area contributed by atoms with E-state index in [0.717, 1.165) is 0 Å². The van der Waals surface area contributed by atoms with Gasteiger partial charge in [0.05, 0.1) is 25.2 Å². The number of carbonyl (C=O) groups excluding carboxylic acids is 1. The molecule has 2 saturated heterocycles. The zero-order valence-electron chi connectivity index (χ0n) is 17.1. The number of ether oxygens (including phenoxy) is 4. The third kappa shape index (κ3) is 6.95. The molecule has 5 unspecified atom stereocenters. The van der Waals surface area contributed by atoms with Crippen molar-refractivity contribution in [1.82, 2.24) is 0 Å². The number of aliphatic hydroxyl groups excluding tert-OH is 1. The third-order valence-electron chi connectivity index (χ3n) is 4.92. The number of benzene rings is 1. The third-order valence-corrected chi connectivity index (χ3v) is 6.48. The van der Waals surface area contributed by atoms with Gasteiger partial charge in [-0.05, 0) is 17.4 Å². The van der Waals surface area contributed by atoms with Crippen LogP contribution in [0.1, 0.15) is 5.56 Å². The van der Waals surface area contributed by atoms with Crippen molar-refractivity contribution < 1.29 is 51.6 Å². The Bertz CT molecular complexity index is 844. The molecular formula is C18H21B2F2O9PS. The molecule has 33 heavy (non-hydrogen) atoms. The van der Waals surface area contributed by atoms with Gasteiger partial charge in [-0.15, -0.1) is 0 Å². The van der Waals surface area contributed by atoms with Crippen LogP contribution in [0.5, 0.6) is 0 Å². The summed E-state index contributed by atoms with van der Waals surface area (Å²) in [5.74, 6) is 0. The first-order valence-corrected chi connectivity index (χ1v) is 12.4. The molecule has 2 heterocycles. The summed E-state index contributed by atoms with van der Waals surface area (Å²) < 4.78 is 58.9. The maximum Gasteiger partial charge on any atom is 0.509 e. The molecule has 0 bridgehead atoms. The van der Waals surface area contributed by atoms with Gasteiger partial charge in [0.15, 0.2) is 12.3 Å². The van der Waals surface area contributed by atoms with Crippen molar-refractivity contribution >= 4 is 40.4 Å². The predicted molar refractivity (Wildman–Crippen MR) is 115 cm³/mol. The van der Waals surface area contributed by atoms with E-state index in [-0.39, 0.29) is 6.61 Å². The minimum Gasteiger partial charge on any atom is -0.429 e. The summed E-state index contributed by atoms with van der Waals surface area (Å²) in [6, 6.07) is 5.89. The summed E-state index contributed by atoms with van der Waals surface area (Å²) in [4.78, 5) is 22.3. The molecule has 9 nitrogen and oxygen atoms in total. The molecular weight excluding hydrogens is 483 g/mol. The van der Waals surface area contributed by atoms with Crippen LogP contribution in [0.4, 0.5) is 13.6 Å². The van der Waals surface area contributed by atoms with Gasteiger partial charge in [-0.25, -0.2) is 13.6 Å². The molecule has 0 spiro atoms. The highest BCUT2D eigenvalue weighted by Crippen LogP contribution is 2.48. The average molecular weight is 504 g/mol. The first kappa shape index (κ1) is 26.5. The topological polar surface area (TPSA) is 113 Å². The number of rotatable bonds is 9. The van der Waals surface area contributed by atoms with Crippen molar-refractivity contribution in [2.24, 2.45) is 0 Å². The Morgan fingerprint density at radius 1 is 1.09 bits per heavy atom. The molecule has 0 amide bonds. The molecule has 0 saturated carbocycles. The fourth-order valence-corrected chi connectivity index (χ4v) is 4.69. The monoisotopic (exact) mass is 504 g/mol. The standard InChI is InChI=1S/C18H21B2F2O9PS/c19-16-12(21)14(30-18(24)26-7-9-4-2-1-3-5-9)11(29-16)8-27-32(25,33)31-15-10(6-23)28-17(20)13(15)22/h1-5,10-17,23H,6-8H2,(H,25,33)/t10-,11-,12?,13?,14?,15?,16-,17-,32?/m1/s1. The van der Waals surface area contributed by atoms with Crippen LogP contribution in [0.3, 0.4) is 0 Å². The zero-order valence-corrected chi connectivity index (χ0v) is 18.9. The molecule has 2 aliphatic rings. The van der Waals surface area contributed by atoms with Crippen LogP contribution in [0.2, 0.25) is 0 Å². The van der Waals surface area contributed by atoms with Crippen molar-refractivity contribution in [3.05, 3.63) is 35.9 Å². The van der Waals surface area contributed by atoms with Crippen LogP contribution in [0, 0.1) is 0 Å². The van der Waals surface area contributed by atoms with Gasteiger partial charge in [0.25, 0.3) is 0 Å². The SMILES string of the molecule is [B][C@@H]1O[C@H](COP(O)(=S)OC2C(F)[C@H]([B])O[C@@H]2CO)C(OC(=O)OCc2ccccc2)C1F. The molecule has 2 aliphatic heterocycles. The van der Waals surface area contributed by atoms with Gasteiger partial charge in [-0.3, -0.25) is 4.52 Å². The Balaban J connectivity index is 1.54. The molecule has 178 valence electrons. The molecule has 4 radical (unpaired) electrons. The molecule has 1 aromatic carbocycles. The Kier molecular flexibility index (Phi) is 9.27. The van der Waals surface area contributed by atoms with E-state index in [2.05, 4.69) is 0 Å². The second-order valence-corrected chi connectivity index (χ2v) is 10.1. The number of carbonyl (C=O) groups is 1. The summed E-state index contributed by atoms with van der Waals surface area (Å²) >= 11 is 4.85. The van der Waals surface area contributed by atoms with E-state index in [1.807, 2.05) is 0 Å². The molecule has 3 rings (SSSR count). The van der Waals surface area contributed by atoms with Crippen LogP contribution in [0.15, 0.2) is 30.3 Å². The quantitative estimate of drug-likeness (QED) is 0.285. The summed E-state index contributed by atoms with van der Waals surface area (Å²) in [7, 11) is 11.0. The van der Waals surface area contributed by atoms with Gasteiger partial charge < -0.3 is 33.5 Å². The number of hydrogen-bond acceptors (Lipinski definition) is 9. The largest absolute Gasteiger partial charge is 0.509 e. The summed E-state index contributed by atoms with van der Waals surface area (Å²) in [5, 5.41) is 9.26. The normalized spacial score (nSPS) is 35.8. The van der Waals surface area contributed by atoms with Gasteiger partial charge >= 0.3 is 12.9 Å². The fraction of sp³-hybridized carbons (Fsp3) is 0.611. The van der Waals surface area contributed by atoms with Crippen LogP contribution >= 0.6 is 6.72 Å². The fourth-order valence-electron chi connectivity index (χ4n) is 3.25. The van der Waals surface area contributed by atoms with E-state index in [9.17, 15) is 23.6 Å². The van der Waals surface area contributed by atoms with Crippen LogP contribution in [0.25, 0.3) is 0 Å². The highest BCUT2D eigenvalue weighted by molar-refractivity contribution is 8.07. The van der Waals surface area contributed by atoms with Crippen LogP contribution < -0.4 is 0 Å². The first-order valence-electron chi connectivity index (χ1n) is 9.85. The highest BCUT2D eigenvalue weighted by Gasteiger charge is 2.48. The summed E-state index contributed by atoms with van der Waals surface area (Å²) in [6.07, 6.45) is -10.4. The molecule has 15 heteroatoms. The first-order chi connectivity index (χ1) is 15.6. The lowest BCUT2D eigenvalue weighted by atomic mass is 9.94. The number of hydrogen-bond donors (Lipinski definition) is 2. The van der Waals surface area contributed by atoms with E-state index >= 15 is 0 Å². The summed E-state index contributed by atoms with van der Waals surface area (Å²) in [6.45, 7) is -5.47. The number of aliphatic hydroxyl groups is 1. The average Bonchev–Trinajstić information content (AvgIpc) is 3.21. The minimum absolute atomic E-state index is 0.106. The van der Waals surface area contributed by atoms with Gasteiger partial charge in [0, 0.05) is 0 Å². The molecule has 2 N–H and O–H groups in total. The van der Waals surface area contributed by atoms with Gasteiger partial charge in [-0.2, -0.15) is 0 Å². The van der Waals surface area contributed by atoms with Gasteiger partial charge in [-0.1, -0.05) is 30.3 Å². The molecule has 1 aromatic rings. The lowest BCUT2D eigenvalue weighted by Crippen LogP contribution is -2.37. The van der Waals surface area contributed by atoms with Crippen molar-refractivity contribution in [2.75, 3.05) is 13.2 Å². The maximum atomic E-state index is 14.4. The zero-order chi connectivity index (χ0) is 24.2. The van der Waals surface area contributed by atoms with Crippen LogP contribution in [-0.2, 0) is 46.4 Å². The van der Waals surface area contributed by atoms with E-state index in [1.54, 1.807) is 30.3 Å². The Morgan fingerprint density at radius 2 is 1.70 bits per heavy atom. The van der Waals surface area contributed by atoms with Crippen molar-refractivity contribution in [1.29, 1.82) is 0 Å². The van der Waals surface area contributed by atoms with Crippen molar-refractivity contribution in [2.45, 2.75) is 55.4 Å². The van der Waals surface area contributed by atoms with Crippen LogP contribution in [-0.4, -0.2) is 93.8 Å². The number of halogens is 2. The Morgan fingerprint density at radius 3 is 2.33 bits per heavy atom. The van der Waals surface area contributed by atoms with Gasteiger partial charge in [0.2, 0.25) is 0 Å². The van der Waals surface area contributed by atoms with Crippen molar-refractivity contribution in [3.63, 3.8) is 0 Å². The summed E-state index contributed by atoms with van der Waals surface area (Å²) in [5.41, 5.74) is 0.687. The Hall–Kier alpha value is -1.11. The smallest absolute Gasteiger partial charge is 0.429 e. The van der Waals surface area contributed by atoms with E-state index in [0.29, 0.717) is 5.56 Å². The second kappa shape index (κ2) is 11.5. The van der Waals surface area contributed by atoms with E-state index in [4.69, 9.17) is 55.5 Å². The van der Waals surface area contributed by atoms with E-state index < -0.39 is 74.9 Å². The maximum absolute atomic E-state index is 14.4. The van der Waals surface area contributed by atoms with Gasteiger partial charge in [0.1, 0.15) is 46.8 Å². The number of alkyl halides is 2. The molecule has 0 aliphatic carbocycles. The highest BCUT2D eigenvalue weighted by atomic mass is 32.5. The van der Waals surface area contributed by atoms with Crippen molar-refractivity contribution in [3.8, 4) is 0 Å². The molecule has 2 fully saturated rings. The lowest BCUT2D eigenvalue weighted by Gasteiger charge is -2.26. The second-order valence-electron chi connectivity index (χ2n) is 7.29. The Labute approximate surface area is 196 Å². The predicted octanol–water partition coefficient (Wildman–Crippen LogP) is 0.782. The lowest BCUT2D eigenvalue weighted by molar-refractivity contribution is -0.0421. The molecule has 0 aromatic heterocycles. The van der Waals surface area contributed by atoms with E-state index in [1.165, 1.54) is 0 Å². The molecule has 9 atom stereocenters.